The highest BCUT2D eigenvalue weighted by atomic mass is 79.9. The van der Waals surface area contributed by atoms with Gasteiger partial charge in [-0.2, -0.15) is 0 Å². The highest BCUT2D eigenvalue weighted by Gasteiger charge is 2.10. The quantitative estimate of drug-likeness (QED) is 0.784. The van der Waals surface area contributed by atoms with Gasteiger partial charge in [0.1, 0.15) is 16.1 Å². The van der Waals surface area contributed by atoms with Crippen LogP contribution in [0.5, 0.6) is 0 Å². The molecule has 2 aromatic heterocycles. The first-order valence-electron chi connectivity index (χ1n) is 5.16. The third-order valence-corrected chi connectivity index (χ3v) is 3.10. The molecule has 0 spiro atoms. The lowest BCUT2D eigenvalue weighted by molar-refractivity contribution is 0.296. The highest BCUT2D eigenvalue weighted by Crippen LogP contribution is 2.22. The van der Waals surface area contributed by atoms with Gasteiger partial charge in [0.15, 0.2) is 10.3 Å². The topological polar surface area (TPSA) is 39.4 Å². The summed E-state index contributed by atoms with van der Waals surface area (Å²) in [5, 5.41) is 0. The average Bonchev–Trinajstić information content (AvgIpc) is 2.69. The van der Waals surface area contributed by atoms with Crippen LogP contribution in [0, 0.1) is 0 Å². The molecule has 0 aliphatic rings. The van der Waals surface area contributed by atoms with Gasteiger partial charge in [-0.1, -0.05) is 0 Å². The lowest BCUT2D eigenvalue weighted by atomic mass is 10.3. The van der Waals surface area contributed by atoms with Crippen LogP contribution in [0.1, 0.15) is 19.5 Å². The van der Waals surface area contributed by atoms with Crippen molar-refractivity contribution in [2.24, 2.45) is 0 Å². The van der Waals surface area contributed by atoms with Crippen molar-refractivity contribution in [2.75, 3.05) is 6.61 Å². The summed E-state index contributed by atoms with van der Waals surface area (Å²) >= 11 is 6.73. The van der Waals surface area contributed by atoms with E-state index in [2.05, 4.69) is 41.8 Å². The predicted molar refractivity (Wildman–Crippen MR) is 73.7 cm³/mol. The van der Waals surface area contributed by atoms with E-state index in [1.807, 2.05) is 36.7 Å². The van der Waals surface area contributed by atoms with Gasteiger partial charge in [0.25, 0.3) is 0 Å². The predicted octanol–water partition coefficient (Wildman–Crippen LogP) is 3.65. The number of ether oxygens (including phenoxy) is 1. The van der Waals surface area contributed by atoms with Gasteiger partial charge in [-0.05, 0) is 51.8 Å². The van der Waals surface area contributed by atoms with Crippen LogP contribution in [0.2, 0.25) is 0 Å². The van der Waals surface area contributed by atoms with Crippen LogP contribution in [0.4, 0.5) is 0 Å². The third kappa shape index (κ3) is 2.52. The van der Waals surface area contributed by atoms with E-state index in [1.165, 1.54) is 0 Å². The zero-order chi connectivity index (χ0) is 12.4. The molecule has 0 amide bonds. The molecular weight excluding hydrogens is 350 g/mol. The molecule has 0 aliphatic heterocycles. The first-order valence-corrected chi connectivity index (χ1v) is 6.74. The number of nitrogens with zero attached hydrogens (tertiary/aromatic N) is 3. The zero-order valence-electron chi connectivity index (χ0n) is 9.44. The van der Waals surface area contributed by atoms with Crippen LogP contribution < -0.4 is 0 Å². The van der Waals surface area contributed by atoms with Gasteiger partial charge in [-0.25, -0.2) is 9.97 Å². The number of hydrogen-bond donors (Lipinski definition) is 0. The van der Waals surface area contributed by atoms with Gasteiger partial charge in [-0.3, -0.25) is 0 Å². The first kappa shape index (κ1) is 12.6. The lowest BCUT2D eigenvalue weighted by Gasteiger charge is -2.03. The van der Waals surface area contributed by atoms with Gasteiger partial charge in [-0.15, -0.1) is 0 Å². The van der Waals surface area contributed by atoms with Gasteiger partial charge < -0.3 is 9.14 Å². The number of rotatable bonds is 3. The molecule has 6 heteroatoms. The molecule has 0 bridgehead atoms. The summed E-state index contributed by atoms with van der Waals surface area (Å²) < 4.78 is 8.86. The number of halogens is 2. The van der Waals surface area contributed by atoms with Crippen LogP contribution in [0.3, 0.4) is 0 Å². The van der Waals surface area contributed by atoms with Gasteiger partial charge in [0.2, 0.25) is 0 Å². The molecule has 0 N–H and O–H groups in total. The molecule has 0 unspecified atom stereocenters. The van der Waals surface area contributed by atoms with Gasteiger partial charge >= 0.3 is 0 Å². The summed E-state index contributed by atoms with van der Waals surface area (Å²) in [4.78, 5) is 8.72. The number of fused-ring (bicyclic) bond motifs is 1. The van der Waals surface area contributed by atoms with E-state index in [-0.39, 0.29) is 0 Å². The normalized spacial score (nSPS) is 12.1. The minimum absolute atomic E-state index is 0.622. The fourth-order valence-corrected chi connectivity index (χ4v) is 2.63. The van der Waals surface area contributed by atoms with Gasteiger partial charge in [0.05, 0.1) is 6.61 Å². The molecular formula is C11H11Br2N3O. The molecule has 0 atom stereocenters. The number of allylic oxidation sites excluding steroid dienone is 1. The van der Waals surface area contributed by atoms with Crippen LogP contribution in [-0.4, -0.2) is 21.0 Å². The Labute approximate surface area is 116 Å². The summed E-state index contributed by atoms with van der Waals surface area (Å²) in [7, 11) is 0. The summed E-state index contributed by atoms with van der Waals surface area (Å²) in [5.41, 5.74) is 1.57. The Balaban J connectivity index is 2.54. The summed E-state index contributed by atoms with van der Waals surface area (Å²) in [6.45, 7) is 4.50. The molecule has 0 radical (unpaired) electrons. The smallest absolute Gasteiger partial charge is 0.170 e. The van der Waals surface area contributed by atoms with Crippen molar-refractivity contribution in [3.05, 3.63) is 33.4 Å². The summed E-state index contributed by atoms with van der Waals surface area (Å²) in [5.74, 6) is 0.777. The van der Waals surface area contributed by atoms with Crippen molar-refractivity contribution in [3.63, 3.8) is 0 Å². The fourth-order valence-electron chi connectivity index (χ4n) is 1.51. The highest BCUT2D eigenvalue weighted by molar-refractivity contribution is 9.11. The van der Waals surface area contributed by atoms with E-state index in [0.717, 1.165) is 21.7 Å². The van der Waals surface area contributed by atoms with Crippen molar-refractivity contribution in [1.82, 2.24) is 14.4 Å². The second-order valence-electron chi connectivity index (χ2n) is 3.30. The van der Waals surface area contributed by atoms with Crippen LogP contribution >= 0.6 is 31.9 Å². The Kier molecular flexibility index (Phi) is 3.83. The Hall–Kier alpha value is -0.880. The molecule has 4 nitrogen and oxygen atoms in total. The molecule has 0 fully saturated rings. The molecule has 0 saturated carbocycles. The lowest BCUT2D eigenvalue weighted by Crippen LogP contribution is -1.91. The van der Waals surface area contributed by atoms with Crippen molar-refractivity contribution >= 4 is 43.3 Å². The van der Waals surface area contributed by atoms with Crippen LogP contribution in [0.25, 0.3) is 11.4 Å². The largest absolute Gasteiger partial charge is 0.492 e. The van der Waals surface area contributed by atoms with E-state index in [1.54, 1.807) is 0 Å². The van der Waals surface area contributed by atoms with Crippen molar-refractivity contribution < 1.29 is 4.74 Å². The number of aromatic nitrogens is 3. The molecule has 2 heterocycles. The maximum Gasteiger partial charge on any atom is 0.170 e. The Morgan fingerprint density at radius 3 is 2.82 bits per heavy atom. The van der Waals surface area contributed by atoms with E-state index < -0.39 is 0 Å². The molecule has 90 valence electrons. The Morgan fingerprint density at radius 1 is 1.41 bits per heavy atom. The molecule has 2 rings (SSSR count). The standard InChI is InChI=1S/C11H11Br2N3O/c1-3-8(17-4-2)7-5-16-6-9(12)15-10(13)11(16)14-7/h3,5-6H,4H2,1-2H3/b8-3-. The van der Waals surface area contributed by atoms with Gasteiger partial charge in [0, 0.05) is 12.4 Å². The second kappa shape index (κ2) is 5.18. The van der Waals surface area contributed by atoms with Crippen LogP contribution in [0.15, 0.2) is 27.7 Å². The maximum absolute atomic E-state index is 5.51. The van der Waals surface area contributed by atoms with E-state index in [9.17, 15) is 0 Å². The Morgan fingerprint density at radius 2 is 2.18 bits per heavy atom. The summed E-state index contributed by atoms with van der Waals surface area (Å²) in [6, 6.07) is 0. The first-order chi connectivity index (χ1) is 8.15. The van der Waals surface area contributed by atoms with Crippen molar-refractivity contribution in [1.29, 1.82) is 0 Å². The SMILES string of the molecule is C/C=C(\OCC)c1cn2cc(Br)nc(Br)c2n1. The number of hydrogen-bond acceptors (Lipinski definition) is 3. The molecule has 0 saturated heterocycles. The van der Waals surface area contributed by atoms with Crippen LogP contribution in [-0.2, 0) is 4.74 Å². The zero-order valence-corrected chi connectivity index (χ0v) is 12.6. The number of imidazole rings is 1. The van der Waals surface area contributed by atoms with E-state index in [4.69, 9.17) is 4.74 Å². The minimum atomic E-state index is 0.622. The van der Waals surface area contributed by atoms with Crippen molar-refractivity contribution in [2.45, 2.75) is 13.8 Å². The van der Waals surface area contributed by atoms with E-state index >= 15 is 0 Å². The maximum atomic E-state index is 5.51. The molecule has 0 aromatic carbocycles. The second-order valence-corrected chi connectivity index (χ2v) is 4.86. The average molecular weight is 361 g/mol. The fraction of sp³-hybridized carbons (Fsp3) is 0.273. The monoisotopic (exact) mass is 359 g/mol. The Bertz CT molecular complexity index is 577. The molecule has 2 aromatic rings. The van der Waals surface area contributed by atoms with Crippen molar-refractivity contribution in [3.8, 4) is 0 Å². The van der Waals surface area contributed by atoms with E-state index in [0.29, 0.717) is 11.2 Å². The molecule has 17 heavy (non-hydrogen) atoms. The molecule has 0 aliphatic carbocycles. The minimum Gasteiger partial charge on any atom is -0.492 e. The summed E-state index contributed by atoms with van der Waals surface area (Å²) in [6.07, 6.45) is 5.68. The third-order valence-electron chi connectivity index (χ3n) is 2.18.